The van der Waals surface area contributed by atoms with Crippen molar-refractivity contribution in [1.82, 2.24) is 19.2 Å². The van der Waals surface area contributed by atoms with Gasteiger partial charge in [0.15, 0.2) is 0 Å². The molecule has 1 aliphatic heterocycles. The number of pyridine rings is 1. The van der Waals surface area contributed by atoms with Crippen molar-refractivity contribution >= 4 is 17.5 Å². The van der Waals surface area contributed by atoms with Crippen LogP contribution in [-0.4, -0.2) is 58.2 Å². The Hall–Kier alpha value is -2.37. The van der Waals surface area contributed by atoms with E-state index in [1.807, 2.05) is 23.1 Å². The molecule has 6 heteroatoms. The van der Waals surface area contributed by atoms with Crippen molar-refractivity contribution in [2.75, 3.05) is 27.2 Å². The Labute approximate surface area is 129 Å². The van der Waals surface area contributed by atoms with Gasteiger partial charge in [-0.1, -0.05) is 6.07 Å². The molecule has 0 radical (unpaired) electrons. The predicted molar refractivity (Wildman–Crippen MR) is 82.5 cm³/mol. The average molecular weight is 300 g/mol. The second-order valence-electron chi connectivity index (χ2n) is 5.87. The smallest absolute Gasteiger partial charge is 0.270 e. The maximum Gasteiger partial charge on any atom is 0.270 e. The van der Waals surface area contributed by atoms with Crippen LogP contribution in [0.15, 0.2) is 30.6 Å². The maximum atomic E-state index is 12.7. The van der Waals surface area contributed by atoms with Gasteiger partial charge < -0.3 is 9.80 Å². The van der Waals surface area contributed by atoms with E-state index in [-0.39, 0.29) is 17.7 Å². The molecule has 3 heterocycles. The Morgan fingerprint density at radius 2 is 1.95 bits per heavy atom. The van der Waals surface area contributed by atoms with E-state index in [0.717, 1.165) is 18.5 Å². The van der Waals surface area contributed by atoms with E-state index < -0.39 is 0 Å². The molecule has 0 spiro atoms. The molecule has 6 nitrogen and oxygen atoms in total. The highest BCUT2D eigenvalue weighted by Crippen LogP contribution is 2.20. The maximum absolute atomic E-state index is 12.7. The number of likely N-dealkylation sites (tertiary alicyclic amines) is 1. The first-order chi connectivity index (χ1) is 10.6. The topological polar surface area (TPSA) is 57.9 Å². The highest BCUT2D eigenvalue weighted by Gasteiger charge is 2.29. The highest BCUT2D eigenvalue weighted by molar-refractivity contribution is 5.93. The van der Waals surface area contributed by atoms with Crippen molar-refractivity contribution in [3.8, 4) is 0 Å². The van der Waals surface area contributed by atoms with E-state index in [1.54, 1.807) is 35.8 Å². The van der Waals surface area contributed by atoms with Crippen LogP contribution in [0.25, 0.3) is 5.65 Å². The Bertz CT molecular complexity index is 699. The molecule has 116 valence electrons. The van der Waals surface area contributed by atoms with Gasteiger partial charge in [0.05, 0.1) is 0 Å². The summed E-state index contributed by atoms with van der Waals surface area (Å²) in [5.74, 6) is 0.186. The third-order valence-corrected chi connectivity index (χ3v) is 4.22. The zero-order chi connectivity index (χ0) is 15.7. The van der Waals surface area contributed by atoms with E-state index in [1.165, 1.54) is 0 Å². The molecule has 0 saturated carbocycles. The first-order valence-electron chi connectivity index (χ1n) is 7.50. The van der Waals surface area contributed by atoms with E-state index in [2.05, 4.69) is 4.98 Å². The molecule has 2 aromatic heterocycles. The lowest BCUT2D eigenvalue weighted by atomic mass is 9.95. The van der Waals surface area contributed by atoms with E-state index in [9.17, 15) is 9.59 Å². The number of rotatable bonds is 2. The summed E-state index contributed by atoms with van der Waals surface area (Å²) in [7, 11) is 3.55. The van der Waals surface area contributed by atoms with Crippen molar-refractivity contribution in [2.45, 2.75) is 12.8 Å². The molecule has 0 atom stereocenters. The molecule has 3 rings (SSSR count). The number of fused-ring (bicyclic) bond motifs is 1. The van der Waals surface area contributed by atoms with Crippen molar-refractivity contribution in [2.24, 2.45) is 5.92 Å². The van der Waals surface area contributed by atoms with Crippen LogP contribution in [0.1, 0.15) is 23.3 Å². The molecule has 0 bridgehead atoms. The third kappa shape index (κ3) is 2.56. The molecule has 0 N–H and O–H groups in total. The van der Waals surface area contributed by atoms with Crippen molar-refractivity contribution in [3.63, 3.8) is 0 Å². The van der Waals surface area contributed by atoms with Crippen LogP contribution < -0.4 is 0 Å². The summed E-state index contributed by atoms with van der Waals surface area (Å²) in [4.78, 5) is 32.4. The minimum Gasteiger partial charge on any atom is -0.349 e. The number of hydrogen-bond acceptors (Lipinski definition) is 3. The Morgan fingerprint density at radius 1 is 1.23 bits per heavy atom. The summed E-state index contributed by atoms with van der Waals surface area (Å²) in [6.45, 7) is 1.24. The van der Waals surface area contributed by atoms with E-state index in [4.69, 9.17) is 0 Å². The largest absolute Gasteiger partial charge is 0.349 e. The van der Waals surface area contributed by atoms with Gasteiger partial charge in [-0.15, -0.1) is 0 Å². The van der Waals surface area contributed by atoms with Crippen molar-refractivity contribution in [3.05, 3.63) is 36.3 Å². The number of imidazole rings is 1. The van der Waals surface area contributed by atoms with Gasteiger partial charge >= 0.3 is 0 Å². The molecule has 2 aromatic rings. The van der Waals surface area contributed by atoms with Crippen molar-refractivity contribution in [1.29, 1.82) is 0 Å². The van der Waals surface area contributed by atoms with Crippen molar-refractivity contribution < 1.29 is 9.59 Å². The van der Waals surface area contributed by atoms with Crippen LogP contribution in [-0.2, 0) is 4.79 Å². The SMILES string of the molecule is CN(C)C(=O)C1CCN(C(=O)c2cccc3nccn23)CC1. The van der Waals surface area contributed by atoms with Crippen LogP contribution in [0, 0.1) is 5.92 Å². The van der Waals surface area contributed by atoms with Crippen LogP contribution in [0.4, 0.5) is 0 Å². The quantitative estimate of drug-likeness (QED) is 0.839. The minimum atomic E-state index is -0.000600. The first kappa shape index (κ1) is 14.6. The summed E-state index contributed by atoms with van der Waals surface area (Å²) in [6, 6.07) is 5.53. The number of carbonyl (C=O) groups is 2. The monoisotopic (exact) mass is 300 g/mol. The summed E-state index contributed by atoms with van der Waals surface area (Å²) in [6.07, 6.45) is 4.93. The minimum absolute atomic E-state index is 0.000600. The van der Waals surface area contributed by atoms with Gasteiger partial charge in [0.1, 0.15) is 11.3 Å². The zero-order valence-electron chi connectivity index (χ0n) is 12.9. The number of aromatic nitrogens is 2. The van der Waals surface area contributed by atoms with Gasteiger partial charge in [0, 0.05) is 45.5 Å². The van der Waals surface area contributed by atoms with Gasteiger partial charge in [-0.3, -0.25) is 14.0 Å². The van der Waals surface area contributed by atoms with Gasteiger partial charge in [-0.2, -0.15) is 0 Å². The fourth-order valence-electron chi connectivity index (χ4n) is 2.98. The van der Waals surface area contributed by atoms with Crippen LogP contribution in [0.5, 0.6) is 0 Å². The zero-order valence-corrected chi connectivity index (χ0v) is 12.9. The molecule has 22 heavy (non-hydrogen) atoms. The number of amides is 2. The fraction of sp³-hybridized carbons (Fsp3) is 0.438. The lowest BCUT2D eigenvalue weighted by molar-refractivity contribution is -0.134. The fourth-order valence-corrected chi connectivity index (χ4v) is 2.98. The van der Waals surface area contributed by atoms with E-state index >= 15 is 0 Å². The Morgan fingerprint density at radius 3 is 2.64 bits per heavy atom. The molecule has 1 saturated heterocycles. The summed E-state index contributed by atoms with van der Waals surface area (Å²) >= 11 is 0. The molecule has 0 aromatic carbocycles. The van der Waals surface area contributed by atoms with Gasteiger partial charge in [-0.25, -0.2) is 4.98 Å². The normalized spacial score (nSPS) is 16.0. The van der Waals surface area contributed by atoms with E-state index in [0.29, 0.717) is 18.8 Å². The molecule has 1 fully saturated rings. The molecule has 1 aliphatic rings. The number of carbonyl (C=O) groups excluding carboxylic acids is 2. The third-order valence-electron chi connectivity index (χ3n) is 4.22. The van der Waals surface area contributed by atoms with Crippen LogP contribution >= 0.6 is 0 Å². The van der Waals surface area contributed by atoms with Gasteiger partial charge in [-0.05, 0) is 25.0 Å². The lowest BCUT2D eigenvalue weighted by Crippen LogP contribution is -2.43. The van der Waals surface area contributed by atoms with Crippen LogP contribution in [0.2, 0.25) is 0 Å². The Kier molecular flexibility index (Phi) is 3.83. The molecular weight excluding hydrogens is 280 g/mol. The summed E-state index contributed by atoms with van der Waals surface area (Å²) < 4.78 is 1.80. The molecule has 0 aliphatic carbocycles. The predicted octanol–water partition coefficient (Wildman–Crippen LogP) is 1.27. The lowest BCUT2D eigenvalue weighted by Gasteiger charge is -2.32. The number of piperidine rings is 1. The van der Waals surface area contributed by atoms with Crippen LogP contribution in [0.3, 0.4) is 0 Å². The standard InChI is InChI=1S/C16H20N4O2/c1-18(2)15(21)12-6-9-19(10-7-12)16(22)13-4-3-5-14-17-8-11-20(13)14/h3-5,8,11-12H,6-7,9-10H2,1-2H3. The molecular formula is C16H20N4O2. The molecule has 0 unspecified atom stereocenters. The molecule has 2 amide bonds. The number of nitrogens with zero attached hydrogens (tertiary/aromatic N) is 4. The average Bonchev–Trinajstić information content (AvgIpc) is 3.02. The Balaban J connectivity index is 1.73. The second-order valence-corrected chi connectivity index (χ2v) is 5.87. The first-order valence-corrected chi connectivity index (χ1v) is 7.50. The summed E-state index contributed by atoms with van der Waals surface area (Å²) in [5.41, 5.74) is 1.39. The van der Waals surface area contributed by atoms with Gasteiger partial charge in [0.2, 0.25) is 5.91 Å². The number of hydrogen-bond donors (Lipinski definition) is 0. The highest BCUT2D eigenvalue weighted by atomic mass is 16.2. The second kappa shape index (κ2) is 5.79. The van der Waals surface area contributed by atoms with Gasteiger partial charge in [0.25, 0.3) is 5.91 Å². The summed E-state index contributed by atoms with van der Waals surface area (Å²) in [5, 5.41) is 0.